The number of hydrogen-bond donors (Lipinski definition) is 1. The number of nitriles is 1. The van der Waals surface area contributed by atoms with E-state index in [0.717, 1.165) is 0 Å². The van der Waals surface area contributed by atoms with Crippen LogP contribution in [0.15, 0.2) is 24.3 Å². The van der Waals surface area contributed by atoms with Crippen LogP contribution in [0.4, 0.5) is 4.39 Å². The van der Waals surface area contributed by atoms with Gasteiger partial charge in [-0.3, -0.25) is 4.79 Å². The minimum atomic E-state index is -0.329. The van der Waals surface area contributed by atoms with Crippen molar-refractivity contribution in [2.24, 2.45) is 0 Å². The number of benzene rings is 1. The quantitative estimate of drug-likeness (QED) is 0.762. The van der Waals surface area contributed by atoms with Crippen LogP contribution < -0.4 is 10.1 Å². The molecule has 0 saturated heterocycles. The van der Waals surface area contributed by atoms with Crippen molar-refractivity contribution in [3.05, 3.63) is 30.1 Å². The number of halogens is 1. The lowest BCUT2D eigenvalue weighted by atomic mass is 10.3. The number of hydrogen-bond acceptors (Lipinski definition) is 3. The molecule has 84 valence electrons. The number of carbonyl (C=O) groups is 1. The van der Waals surface area contributed by atoms with Gasteiger partial charge < -0.3 is 10.1 Å². The average molecular weight is 222 g/mol. The predicted molar refractivity (Wildman–Crippen MR) is 55.1 cm³/mol. The molecule has 0 aliphatic heterocycles. The second-order valence-corrected chi connectivity index (χ2v) is 2.99. The van der Waals surface area contributed by atoms with Crippen LogP contribution in [0.25, 0.3) is 0 Å². The molecule has 0 radical (unpaired) electrons. The predicted octanol–water partition coefficient (Wildman–Crippen LogP) is 1.23. The van der Waals surface area contributed by atoms with E-state index in [2.05, 4.69) is 5.32 Å². The maximum atomic E-state index is 12.5. The number of amides is 1. The van der Waals surface area contributed by atoms with Crippen molar-refractivity contribution in [2.45, 2.75) is 6.42 Å². The molecule has 0 aliphatic rings. The summed E-state index contributed by atoms with van der Waals surface area (Å²) in [5.74, 6) is -0.115. The van der Waals surface area contributed by atoms with Gasteiger partial charge in [-0.15, -0.1) is 0 Å². The molecule has 1 rings (SSSR count). The highest BCUT2D eigenvalue weighted by atomic mass is 19.1. The van der Waals surface area contributed by atoms with E-state index >= 15 is 0 Å². The molecule has 1 amide bonds. The Kier molecular flexibility index (Phi) is 4.80. The van der Waals surface area contributed by atoms with Crippen molar-refractivity contribution in [3.63, 3.8) is 0 Å². The molecular weight excluding hydrogens is 211 g/mol. The third-order valence-electron chi connectivity index (χ3n) is 1.75. The van der Waals surface area contributed by atoms with Crippen LogP contribution in [0.2, 0.25) is 0 Å². The van der Waals surface area contributed by atoms with E-state index in [-0.39, 0.29) is 24.8 Å². The largest absolute Gasteiger partial charge is 0.492 e. The molecule has 1 N–H and O–H groups in total. The first kappa shape index (κ1) is 12.0. The van der Waals surface area contributed by atoms with Crippen LogP contribution in [0.3, 0.4) is 0 Å². The summed E-state index contributed by atoms with van der Waals surface area (Å²) in [5.41, 5.74) is 0. The van der Waals surface area contributed by atoms with E-state index in [1.54, 1.807) is 6.07 Å². The molecule has 1 aromatic rings. The molecule has 0 fully saturated rings. The molecule has 0 aromatic heterocycles. The Labute approximate surface area is 92.6 Å². The van der Waals surface area contributed by atoms with Crippen molar-refractivity contribution in [2.75, 3.05) is 13.2 Å². The van der Waals surface area contributed by atoms with Gasteiger partial charge in [-0.05, 0) is 24.3 Å². The van der Waals surface area contributed by atoms with Gasteiger partial charge in [0, 0.05) is 0 Å². The monoisotopic (exact) mass is 222 g/mol. The van der Waals surface area contributed by atoms with E-state index in [0.29, 0.717) is 12.3 Å². The van der Waals surface area contributed by atoms with Crippen LogP contribution in [-0.2, 0) is 4.79 Å². The normalized spacial score (nSPS) is 9.25. The Balaban J connectivity index is 2.19. The van der Waals surface area contributed by atoms with Gasteiger partial charge in [-0.1, -0.05) is 0 Å². The van der Waals surface area contributed by atoms with Gasteiger partial charge in [0.15, 0.2) is 0 Å². The van der Waals surface area contributed by atoms with Crippen LogP contribution in [0.1, 0.15) is 6.42 Å². The molecule has 16 heavy (non-hydrogen) atoms. The summed E-state index contributed by atoms with van der Waals surface area (Å²) < 4.78 is 17.7. The van der Waals surface area contributed by atoms with Crippen LogP contribution >= 0.6 is 0 Å². The number of nitrogens with one attached hydrogen (secondary N) is 1. The molecule has 0 atom stereocenters. The fourth-order valence-electron chi connectivity index (χ4n) is 1.02. The van der Waals surface area contributed by atoms with Gasteiger partial charge >= 0.3 is 0 Å². The van der Waals surface area contributed by atoms with E-state index in [1.807, 2.05) is 0 Å². The lowest BCUT2D eigenvalue weighted by Crippen LogP contribution is -2.27. The topological polar surface area (TPSA) is 62.1 Å². The van der Waals surface area contributed by atoms with Gasteiger partial charge in [-0.2, -0.15) is 5.26 Å². The molecular formula is C11H11FN2O2. The summed E-state index contributed by atoms with van der Waals surface area (Å²) in [6.45, 7) is 0.598. The molecule has 0 unspecified atom stereocenters. The van der Waals surface area contributed by atoms with Crippen molar-refractivity contribution >= 4 is 5.91 Å². The molecule has 1 aromatic carbocycles. The summed E-state index contributed by atoms with van der Waals surface area (Å²) in [6.07, 6.45) is -0.156. The Hall–Kier alpha value is -2.09. The van der Waals surface area contributed by atoms with Crippen molar-refractivity contribution in [3.8, 4) is 11.8 Å². The first-order chi connectivity index (χ1) is 7.72. The first-order valence-electron chi connectivity index (χ1n) is 4.74. The lowest BCUT2D eigenvalue weighted by Gasteiger charge is -2.06. The van der Waals surface area contributed by atoms with E-state index < -0.39 is 0 Å². The Morgan fingerprint density at radius 2 is 2.12 bits per heavy atom. The van der Waals surface area contributed by atoms with Crippen molar-refractivity contribution < 1.29 is 13.9 Å². The van der Waals surface area contributed by atoms with Gasteiger partial charge in [0.2, 0.25) is 5.91 Å². The molecule has 0 bridgehead atoms. The third kappa shape index (κ3) is 4.42. The van der Waals surface area contributed by atoms with Crippen LogP contribution in [0, 0.1) is 17.1 Å². The van der Waals surface area contributed by atoms with Crippen molar-refractivity contribution in [1.29, 1.82) is 5.26 Å². The van der Waals surface area contributed by atoms with Gasteiger partial charge in [0.05, 0.1) is 12.6 Å². The summed E-state index contributed by atoms with van der Waals surface area (Å²) in [7, 11) is 0. The Morgan fingerprint density at radius 3 is 2.75 bits per heavy atom. The van der Waals surface area contributed by atoms with Gasteiger partial charge in [-0.25, -0.2) is 4.39 Å². The lowest BCUT2D eigenvalue weighted by molar-refractivity contribution is -0.120. The highest BCUT2D eigenvalue weighted by Gasteiger charge is 1.98. The molecule has 0 heterocycles. The fraction of sp³-hybridized carbons (Fsp3) is 0.273. The number of carbonyl (C=O) groups excluding carboxylic acids is 1. The maximum absolute atomic E-state index is 12.5. The fourth-order valence-corrected chi connectivity index (χ4v) is 1.02. The van der Waals surface area contributed by atoms with Gasteiger partial charge in [0.1, 0.15) is 24.6 Å². The van der Waals surface area contributed by atoms with E-state index in [9.17, 15) is 9.18 Å². The number of rotatable bonds is 5. The van der Waals surface area contributed by atoms with E-state index in [1.165, 1.54) is 24.3 Å². The zero-order valence-corrected chi connectivity index (χ0v) is 8.57. The minimum absolute atomic E-state index is 0.156. The highest BCUT2D eigenvalue weighted by Crippen LogP contribution is 2.10. The molecule has 4 nitrogen and oxygen atoms in total. The second kappa shape index (κ2) is 6.40. The minimum Gasteiger partial charge on any atom is -0.492 e. The smallest absolute Gasteiger partial charge is 0.234 e. The number of ether oxygens (including phenoxy) is 1. The maximum Gasteiger partial charge on any atom is 0.234 e. The van der Waals surface area contributed by atoms with Crippen LogP contribution in [0.5, 0.6) is 5.75 Å². The highest BCUT2D eigenvalue weighted by molar-refractivity contribution is 5.77. The standard InChI is InChI=1S/C11H11FN2O2/c12-9-1-3-10(4-2-9)16-8-7-14-11(15)5-6-13/h1-4H,5,7-8H2,(H,14,15). The summed E-state index contributed by atoms with van der Waals surface area (Å²) >= 11 is 0. The van der Waals surface area contributed by atoms with Gasteiger partial charge in [0.25, 0.3) is 0 Å². The Morgan fingerprint density at radius 1 is 1.44 bits per heavy atom. The SMILES string of the molecule is N#CCC(=O)NCCOc1ccc(F)cc1. The summed E-state index contributed by atoms with van der Waals surface area (Å²) in [4.78, 5) is 10.9. The third-order valence-corrected chi connectivity index (χ3v) is 1.75. The molecule has 0 saturated carbocycles. The zero-order valence-electron chi connectivity index (χ0n) is 8.57. The molecule has 0 aliphatic carbocycles. The van der Waals surface area contributed by atoms with Crippen LogP contribution in [-0.4, -0.2) is 19.1 Å². The molecule has 5 heteroatoms. The molecule has 0 spiro atoms. The second-order valence-electron chi connectivity index (χ2n) is 2.99. The average Bonchev–Trinajstić information content (AvgIpc) is 2.27. The Bertz CT molecular complexity index is 384. The summed E-state index contributed by atoms with van der Waals surface area (Å²) in [6, 6.07) is 7.34. The first-order valence-corrected chi connectivity index (χ1v) is 4.74. The van der Waals surface area contributed by atoms with Crippen molar-refractivity contribution in [1.82, 2.24) is 5.32 Å². The zero-order chi connectivity index (χ0) is 11.8. The summed E-state index contributed by atoms with van der Waals surface area (Å²) in [5, 5.41) is 10.7. The number of nitrogens with zero attached hydrogens (tertiary/aromatic N) is 1. The van der Waals surface area contributed by atoms with E-state index in [4.69, 9.17) is 10.00 Å².